The molecule has 0 radical (unpaired) electrons. The van der Waals surface area contributed by atoms with E-state index in [1.807, 2.05) is 35.2 Å². The van der Waals surface area contributed by atoms with Crippen LogP contribution in [0.1, 0.15) is 59.4 Å². The molecule has 3 aromatic rings. The fourth-order valence-electron chi connectivity index (χ4n) is 4.30. The summed E-state index contributed by atoms with van der Waals surface area (Å²) in [5.74, 6) is 0.0406. The molecule has 4 heterocycles. The highest BCUT2D eigenvalue weighted by molar-refractivity contribution is 5.98. The second-order valence-corrected chi connectivity index (χ2v) is 7.20. The van der Waals surface area contributed by atoms with Crippen LogP contribution in [-0.2, 0) is 11.2 Å². The van der Waals surface area contributed by atoms with Crippen molar-refractivity contribution in [2.45, 2.75) is 38.3 Å². The lowest BCUT2D eigenvalue weighted by atomic mass is 9.94. The van der Waals surface area contributed by atoms with Crippen molar-refractivity contribution in [2.75, 3.05) is 13.2 Å². The van der Waals surface area contributed by atoms with Crippen molar-refractivity contribution < 1.29 is 9.53 Å². The van der Waals surface area contributed by atoms with Gasteiger partial charge in [-0.2, -0.15) is 5.10 Å². The maximum Gasteiger partial charge on any atom is 0.270 e. The van der Waals surface area contributed by atoms with Crippen LogP contribution in [0, 0.1) is 0 Å². The lowest BCUT2D eigenvalue weighted by Crippen LogP contribution is -2.39. The zero-order valence-electron chi connectivity index (χ0n) is 14.8. The van der Waals surface area contributed by atoms with Crippen LogP contribution in [0.25, 0.3) is 10.9 Å². The fraction of sp³-hybridized carbons (Fsp3) is 0.400. The van der Waals surface area contributed by atoms with Crippen LogP contribution in [0.3, 0.4) is 0 Å². The van der Waals surface area contributed by atoms with E-state index in [4.69, 9.17) is 4.74 Å². The average Bonchev–Trinajstić information content (AvgIpc) is 3.39. The van der Waals surface area contributed by atoms with Crippen molar-refractivity contribution in [3.8, 4) is 0 Å². The van der Waals surface area contributed by atoms with Gasteiger partial charge in [0.15, 0.2) is 0 Å². The number of rotatable bonds is 2. The molecule has 2 aromatic heterocycles. The van der Waals surface area contributed by atoms with Crippen LogP contribution in [0.5, 0.6) is 0 Å². The maximum absolute atomic E-state index is 13.2. The molecule has 1 fully saturated rings. The van der Waals surface area contributed by atoms with Crippen LogP contribution < -0.4 is 0 Å². The Morgan fingerprint density at radius 2 is 2.23 bits per heavy atom. The molecule has 0 bridgehead atoms. The molecule has 2 aliphatic rings. The summed E-state index contributed by atoms with van der Waals surface area (Å²) in [5, 5.41) is 8.77. The van der Waals surface area contributed by atoms with Crippen LogP contribution >= 0.6 is 0 Å². The Morgan fingerprint density at radius 1 is 1.35 bits per heavy atom. The molecule has 2 atom stereocenters. The predicted molar refractivity (Wildman–Crippen MR) is 98.0 cm³/mol. The summed E-state index contributed by atoms with van der Waals surface area (Å²) in [7, 11) is 0. The zero-order valence-corrected chi connectivity index (χ0v) is 14.8. The first kappa shape index (κ1) is 15.6. The highest BCUT2D eigenvalue weighted by Gasteiger charge is 2.35. The van der Waals surface area contributed by atoms with E-state index in [1.54, 1.807) is 0 Å². The number of carbonyl (C=O) groups is 1. The van der Waals surface area contributed by atoms with Gasteiger partial charge in [-0.1, -0.05) is 18.2 Å². The quantitative estimate of drug-likeness (QED) is 0.743. The number of amides is 1. The number of ether oxygens (including phenoxy) is 1. The third-order valence-electron chi connectivity index (χ3n) is 5.66. The number of nitrogens with one attached hydrogen (secondary N) is 2. The van der Waals surface area contributed by atoms with E-state index in [2.05, 4.69) is 22.1 Å². The van der Waals surface area contributed by atoms with Gasteiger partial charge in [0.2, 0.25) is 0 Å². The average molecular weight is 350 g/mol. The number of H-pyrrole nitrogens is 2. The van der Waals surface area contributed by atoms with E-state index >= 15 is 0 Å². The Kier molecular flexibility index (Phi) is 3.60. The molecule has 1 aromatic carbocycles. The van der Waals surface area contributed by atoms with Crippen LogP contribution in [0.2, 0.25) is 0 Å². The van der Waals surface area contributed by atoms with Gasteiger partial charge in [-0.15, -0.1) is 0 Å². The molecule has 5 rings (SSSR count). The van der Waals surface area contributed by atoms with Crippen molar-refractivity contribution >= 4 is 16.8 Å². The van der Waals surface area contributed by atoms with E-state index in [9.17, 15) is 4.79 Å². The molecule has 2 unspecified atom stereocenters. The summed E-state index contributed by atoms with van der Waals surface area (Å²) < 4.78 is 5.84. The zero-order chi connectivity index (χ0) is 17.7. The number of hydrogen-bond donors (Lipinski definition) is 2. The van der Waals surface area contributed by atoms with Crippen molar-refractivity contribution in [3.05, 3.63) is 53.0 Å². The largest absolute Gasteiger partial charge is 0.372 e. The first-order chi connectivity index (χ1) is 12.7. The Hall–Kier alpha value is -2.60. The first-order valence-corrected chi connectivity index (χ1v) is 9.29. The minimum absolute atomic E-state index is 0.0180. The summed E-state index contributed by atoms with van der Waals surface area (Å²) in [6.45, 7) is 3.57. The number of aromatic nitrogens is 3. The molecular formula is C20H22N4O2. The first-order valence-electron chi connectivity index (χ1n) is 9.29. The smallest absolute Gasteiger partial charge is 0.270 e. The molecule has 134 valence electrons. The summed E-state index contributed by atoms with van der Waals surface area (Å²) in [4.78, 5) is 18.4. The molecule has 0 aliphatic carbocycles. The Bertz CT molecular complexity index is 934. The maximum atomic E-state index is 13.2. The van der Waals surface area contributed by atoms with Crippen LogP contribution in [0.15, 0.2) is 30.3 Å². The molecule has 2 N–H and O–H groups in total. The van der Waals surface area contributed by atoms with Gasteiger partial charge < -0.3 is 14.6 Å². The SMILES string of the molecule is CC1c2c(C3CCCO3)n[nH]c2CCN1C(=O)c1cc2ccccc2[nH]1. The van der Waals surface area contributed by atoms with E-state index in [0.29, 0.717) is 12.2 Å². The number of carbonyl (C=O) groups excluding carboxylic acids is 1. The monoisotopic (exact) mass is 350 g/mol. The molecule has 1 saturated heterocycles. The fourth-order valence-corrected chi connectivity index (χ4v) is 4.30. The van der Waals surface area contributed by atoms with E-state index in [1.165, 1.54) is 0 Å². The van der Waals surface area contributed by atoms with Gasteiger partial charge in [0.25, 0.3) is 5.91 Å². The highest BCUT2D eigenvalue weighted by Crippen LogP contribution is 2.38. The van der Waals surface area contributed by atoms with E-state index < -0.39 is 0 Å². The van der Waals surface area contributed by atoms with E-state index in [0.717, 1.165) is 53.7 Å². The molecule has 0 spiro atoms. The van der Waals surface area contributed by atoms with Gasteiger partial charge >= 0.3 is 0 Å². The molecular weight excluding hydrogens is 328 g/mol. The molecule has 6 heteroatoms. The Balaban J connectivity index is 1.47. The van der Waals surface area contributed by atoms with Crippen LogP contribution in [0.4, 0.5) is 0 Å². The van der Waals surface area contributed by atoms with E-state index in [-0.39, 0.29) is 18.1 Å². The van der Waals surface area contributed by atoms with Crippen LogP contribution in [-0.4, -0.2) is 39.1 Å². The second-order valence-electron chi connectivity index (χ2n) is 7.20. The highest BCUT2D eigenvalue weighted by atomic mass is 16.5. The number of para-hydroxylation sites is 1. The molecule has 0 saturated carbocycles. The van der Waals surface area contributed by atoms with Gasteiger partial charge in [0, 0.05) is 41.7 Å². The number of fused-ring (bicyclic) bond motifs is 2. The molecule has 26 heavy (non-hydrogen) atoms. The lowest BCUT2D eigenvalue weighted by Gasteiger charge is -2.34. The Morgan fingerprint density at radius 3 is 3.04 bits per heavy atom. The van der Waals surface area contributed by atoms with Gasteiger partial charge in [-0.3, -0.25) is 9.89 Å². The van der Waals surface area contributed by atoms with Gasteiger partial charge in [0.1, 0.15) is 11.8 Å². The topological polar surface area (TPSA) is 74.0 Å². The van der Waals surface area contributed by atoms with Crippen molar-refractivity contribution in [1.29, 1.82) is 0 Å². The number of aromatic amines is 2. The predicted octanol–water partition coefficient (Wildman–Crippen LogP) is 3.50. The third kappa shape index (κ3) is 2.36. The van der Waals surface area contributed by atoms with Gasteiger partial charge in [0.05, 0.1) is 11.7 Å². The third-order valence-corrected chi connectivity index (χ3v) is 5.66. The molecule has 1 amide bonds. The lowest BCUT2D eigenvalue weighted by molar-refractivity contribution is 0.0662. The number of benzene rings is 1. The number of nitrogens with zero attached hydrogens (tertiary/aromatic N) is 2. The number of hydrogen-bond acceptors (Lipinski definition) is 3. The minimum atomic E-state index is -0.0180. The van der Waals surface area contributed by atoms with Crippen molar-refractivity contribution in [2.24, 2.45) is 0 Å². The van der Waals surface area contributed by atoms with Gasteiger partial charge in [-0.25, -0.2) is 0 Å². The minimum Gasteiger partial charge on any atom is -0.372 e. The summed E-state index contributed by atoms with van der Waals surface area (Å²) >= 11 is 0. The molecule has 6 nitrogen and oxygen atoms in total. The molecule has 2 aliphatic heterocycles. The normalized spacial score (nSPS) is 22.7. The van der Waals surface area contributed by atoms with Crippen molar-refractivity contribution in [3.63, 3.8) is 0 Å². The van der Waals surface area contributed by atoms with Gasteiger partial charge in [-0.05, 0) is 31.9 Å². The second kappa shape index (κ2) is 5.99. The van der Waals surface area contributed by atoms with Crippen molar-refractivity contribution in [1.82, 2.24) is 20.1 Å². The Labute approximate surface area is 151 Å². The summed E-state index contributed by atoms with van der Waals surface area (Å²) in [6.07, 6.45) is 2.92. The standard InChI is InChI=1S/C20H22N4O2/c1-12-18-15(22-23-19(18)17-7-4-10-26-17)8-9-24(12)20(25)16-11-13-5-2-3-6-14(13)21-16/h2-3,5-6,11-12,17,21H,4,7-10H2,1H3,(H,22,23). The summed E-state index contributed by atoms with van der Waals surface area (Å²) in [6, 6.07) is 9.90. The summed E-state index contributed by atoms with van der Waals surface area (Å²) in [5.41, 5.74) is 4.91.